The predicted molar refractivity (Wildman–Crippen MR) is 113 cm³/mol. The first-order chi connectivity index (χ1) is 13.4. The Morgan fingerprint density at radius 1 is 1.00 bits per heavy atom. The zero-order valence-corrected chi connectivity index (χ0v) is 16.8. The van der Waals surface area contributed by atoms with Gasteiger partial charge < -0.3 is 4.42 Å². The number of rotatable bonds is 4. The molecule has 0 saturated carbocycles. The van der Waals surface area contributed by atoms with E-state index in [9.17, 15) is 9.59 Å². The summed E-state index contributed by atoms with van der Waals surface area (Å²) in [6.07, 6.45) is 1.79. The van der Waals surface area contributed by atoms with Gasteiger partial charge in [0.2, 0.25) is 0 Å². The SMILES string of the molecule is Cc1ccc2nc(CSCc3cc(=O)oc4cc(C)c(C)cc34)cc(=O)n2c1. The third kappa shape index (κ3) is 3.60. The van der Waals surface area contributed by atoms with Gasteiger partial charge in [-0.25, -0.2) is 9.78 Å². The molecule has 0 aliphatic heterocycles. The minimum atomic E-state index is -0.344. The summed E-state index contributed by atoms with van der Waals surface area (Å²) in [5.74, 6) is 1.23. The average molecular weight is 392 g/mol. The summed E-state index contributed by atoms with van der Waals surface area (Å²) in [7, 11) is 0. The monoisotopic (exact) mass is 392 g/mol. The van der Waals surface area contributed by atoms with Crippen LogP contribution in [0, 0.1) is 20.8 Å². The Bertz CT molecular complexity index is 1320. The van der Waals surface area contributed by atoms with E-state index >= 15 is 0 Å². The van der Waals surface area contributed by atoms with E-state index in [1.54, 1.807) is 34.5 Å². The summed E-state index contributed by atoms with van der Waals surface area (Å²) < 4.78 is 6.92. The minimum Gasteiger partial charge on any atom is -0.423 e. The van der Waals surface area contributed by atoms with E-state index in [0.29, 0.717) is 22.7 Å². The molecule has 0 bridgehead atoms. The maximum atomic E-state index is 12.3. The Morgan fingerprint density at radius 2 is 1.79 bits per heavy atom. The van der Waals surface area contributed by atoms with Crippen LogP contribution in [0.2, 0.25) is 0 Å². The molecule has 4 rings (SSSR count). The van der Waals surface area contributed by atoms with Crippen LogP contribution in [0.25, 0.3) is 16.6 Å². The fourth-order valence-corrected chi connectivity index (χ4v) is 4.12. The normalized spacial score (nSPS) is 11.4. The lowest BCUT2D eigenvalue weighted by Gasteiger charge is -2.08. The number of hydrogen-bond acceptors (Lipinski definition) is 5. The second-order valence-corrected chi connectivity index (χ2v) is 8.02. The van der Waals surface area contributed by atoms with Crippen LogP contribution in [0.4, 0.5) is 0 Å². The third-order valence-corrected chi connectivity index (χ3v) is 5.83. The Hall–Kier alpha value is -2.86. The number of aromatic nitrogens is 2. The summed E-state index contributed by atoms with van der Waals surface area (Å²) in [5.41, 5.74) is 5.77. The van der Waals surface area contributed by atoms with Gasteiger partial charge >= 0.3 is 5.63 Å². The molecular weight excluding hydrogens is 372 g/mol. The number of thioether (sulfide) groups is 1. The molecule has 0 spiro atoms. The molecule has 0 unspecified atom stereocenters. The van der Waals surface area contributed by atoms with E-state index in [2.05, 4.69) is 11.1 Å². The van der Waals surface area contributed by atoms with Crippen molar-refractivity contribution in [3.05, 3.63) is 91.3 Å². The van der Waals surface area contributed by atoms with Crippen molar-refractivity contribution in [3.63, 3.8) is 0 Å². The molecule has 6 heteroatoms. The molecule has 1 aromatic carbocycles. The van der Waals surface area contributed by atoms with Crippen molar-refractivity contribution in [3.8, 4) is 0 Å². The van der Waals surface area contributed by atoms with Gasteiger partial charge in [0.25, 0.3) is 5.56 Å². The zero-order chi connectivity index (χ0) is 19.8. The summed E-state index contributed by atoms with van der Waals surface area (Å²) in [4.78, 5) is 28.8. The molecule has 0 amide bonds. The molecule has 0 atom stereocenters. The first-order valence-electron chi connectivity index (χ1n) is 9.01. The lowest BCUT2D eigenvalue weighted by molar-refractivity contribution is 0.559. The van der Waals surface area contributed by atoms with Crippen molar-refractivity contribution in [2.75, 3.05) is 0 Å². The molecule has 142 valence electrons. The highest BCUT2D eigenvalue weighted by atomic mass is 32.2. The lowest BCUT2D eigenvalue weighted by atomic mass is 10.0. The molecule has 3 heterocycles. The summed E-state index contributed by atoms with van der Waals surface area (Å²) in [6, 6.07) is 10.9. The fraction of sp³-hybridized carbons (Fsp3) is 0.227. The molecule has 4 aromatic rings. The van der Waals surface area contributed by atoms with Gasteiger partial charge in [0.05, 0.1) is 5.69 Å². The van der Waals surface area contributed by atoms with Gasteiger partial charge in [-0.05, 0) is 61.2 Å². The lowest BCUT2D eigenvalue weighted by Crippen LogP contribution is -2.15. The first-order valence-corrected chi connectivity index (χ1v) is 10.2. The highest BCUT2D eigenvalue weighted by Gasteiger charge is 2.09. The average Bonchev–Trinajstić information content (AvgIpc) is 2.64. The molecule has 0 saturated heterocycles. The molecule has 0 fully saturated rings. The van der Waals surface area contributed by atoms with Crippen molar-refractivity contribution in [2.24, 2.45) is 0 Å². The topological polar surface area (TPSA) is 64.6 Å². The van der Waals surface area contributed by atoms with Crippen LogP contribution in [0.5, 0.6) is 0 Å². The smallest absolute Gasteiger partial charge is 0.336 e. The van der Waals surface area contributed by atoms with Gasteiger partial charge in [-0.15, -0.1) is 0 Å². The number of fused-ring (bicyclic) bond motifs is 2. The van der Waals surface area contributed by atoms with Crippen molar-refractivity contribution in [1.29, 1.82) is 0 Å². The minimum absolute atomic E-state index is 0.0822. The molecule has 0 aliphatic carbocycles. The largest absolute Gasteiger partial charge is 0.423 e. The maximum Gasteiger partial charge on any atom is 0.336 e. The van der Waals surface area contributed by atoms with Crippen LogP contribution in [-0.2, 0) is 11.5 Å². The first kappa shape index (κ1) is 18.5. The fourth-order valence-electron chi connectivity index (χ4n) is 3.20. The van der Waals surface area contributed by atoms with E-state index in [1.165, 1.54) is 0 Å². The maximum absolute atomic E-state index is 12.3. The summed E-state index contributed by atoms with van der Waals surface area (Å²) >= 11 is 1.62. The summed E-state index contributed by atoms with van der Waals surface area (Å²) in [5, 5.41) is 0.956. The van der Waals surface area contributed by atoms with Crippen molar-refractivity contribution in [1.82, 2.24) is 9.38 Å². The van der Waals surface area contributed by atoms with Gasteiger partial charge in [-0.3, -0.25) is 9.20 Å². The Morgan fingerprint density at radius 3 is 2.61 bits per heavy atom. The van der Waals surface area contributed by atoms with Crippen LogP contribution >= 0.6 is 11.8 Å². The van der Waals surface area contributed by atoms with Gasteiger partial charge in [0.1, 0.15) is 11.2 Å². The van der Waals surface area contributed by atoms with Crippen molar-refractivity contribution >= 4 is 28.4 Å². The molecule has 3 aromatic heterocycles. The van der Waals surface area contributed by atoms with Gasteiger partial charge in [-0.2, -0.15) is 11.8 Å². The highest BCUT2D eigenvalue weighted by molar-refractivity contribution is 7.97. The van der Waals surface area contributed by atoms with Crippen LogP contribution < -0.4 is 11.2 Å². The molecule has 0 radical (unpaired) electrons. The van der Waals surface area contributed by atoms with Gasteiger partial charge in [0, 0.05) is 35.2 Å². The van der Waals surface area contributed by atoms with Crippen LogP contribution in [0.15, 0.2) is 56.6 Å². The Labute approximate surface area is 166 Å². The standard InChI is InChI=1S/C22H20N2O3S/c1-13-4-5-20-23-17(9-21(25)24(20)10-13)12-28-11-16-8-22(26)27-19-7-15(3)14(2)6-18(16)19/h4-10H,11-12H2,1-3H3. The van der Waals surface area contributed by atoms with E-state index in [1.807, 2.05) is 39.0 Å². The Balaban J connectivity index is 1.60. The van der Waals surface area contributed by atoms with Crippen LogP contribution in [0.1, 0.15) is 27.9 Å². The number of aryl methyl sites for hydroxylation is 3. The quantitative estimate of drug-likeness (QED) is 0.488. The van der Waals surface area contributed by atoms with E-state index in [-0.39, 0.29) is 11.2 Å². The molecule has 0 N–H and O–H groups in total. The number of benzene rings is 1. The Kier molecular flexibility index (Phi) is 4.81. The van der Waals surface area contributed by atoms with Gasteiger partial charge in [0.15, 0.2) is 0 Å². The van der Waals surface area contributed by atoms with Crippen LogP contribution in [-0.4, -0.2) is 9.38 Å². The zero-order valence-electron chi connectivity index (χ0n) is 16.0. The second kappa shape index (κ2) is 7.28. The molecule has 5 nitrogen and oxygen atoms in total. The molecular formula is C22H20N2O3S. The molecule has 28 heavy (non-hydrogen) atoms. The number of hydrogen-bond donors (Lipinski definition) is 0. The number of pyridine rings is 1. The van der Waals surface area contributed by atoms with Crippen molar-refractivity contribution in [2.45, 2.75) is 32.3 Å². The third-order valence-electron chi connectivity index (χ3n) is 4.81. The van der Waals surface area contributed by atoms with E-state index in [4.69, 9.17) is 4.42 Å². The summed E-state index contributed by atoms with van der Waals surface area (Å²) in [6.45, 7) is 5.99. The van der Waals surface area contributed by atoms with Crippen molar-refractivity contribution < 1.29 is 4.42 Å². The molecule has 0 aliphatic rings. The highest BCUT2D eigenvalue weighted by Crippen LogP contribution is 2.25. The second-order valence-electron chi connectivity index (χ2n) is 7.04. The van der Waals surface area contributed by atoms with Gasteiger partial charge in [-0.1, -0.05) is 6.07 Å². The predicted octanol–water partition coefficient (Wildman–Crippen LogP) is 4.16. The van der Waals surface area contributed by atoms with E-state index in [0.717, 1.165) is 33.3 Å². The number of nitrogens with zero attached hydrogens (tertiary/aromatic N) is 2. The van der Waals surface area contributed by atoms with Crippen LogP contribution in [0.3, 0.4) is 0 Å². The van der Waals surface area contributed by atoms with E-state index < -0.39 is 0 Å².